The number of aliphatic hydroxyl groups is 1. The molecule has 4 rings (SSSR count). The van der Waals surface area contributed by atoms with Crippen molar-refractivity contribution in [1.29, 1.82) is 0 Å². The number of amides is 1. The maximum absolute atomic E-state index is 13.0. The van der Waals surface area contributed by atoms with Crippen LogP contribution in [0.5, 0.6) is 0 Å². The van der Waals surface area contributed by atoms with E-state index in [1.165, 1.54) is 10.7 Å². The highest BCUT2D eigenvalue weighted by Gasteiger charge is 2.55. The minimum absolute atomic E-state index is 0.0914. The van der Waals surface area contributed by atoms with Crippen molar-refractivity contribution in [2.75, 3.05) is 19.8 Å². The molecule has 0 radical (unpaired) electrons. The summed E-state index contributed by atoms with van der Waals surface area (Å²) in [7, 11) is 0. The number of Topliss-reactive ketones (excluding diaryl/α,β-unsaturated/α-hetero) is 1. The van der Waals surface area contributed by atoms with Crippen LogP contribution >= 0.6 is 11.6 Å². The average Bonchev–Trinajstić information content (AvgIpc) is 3.08. The van der Waals surface area contributed by atoms with E-state index in [1.54, 1.807) is 31.2 Å². The first-order chi connectivity index (χ1) is 13.5. The van der Waals surface area contributed by atoms with E-state index in [-0.39, 0.29) is 42.1 Å². The van der Waals surface area contributed by atoms with Gasteiger partial charge in [-0.15, -0.1) is 0 Å². The molecule has 1 aliphatic heterocycles. The van der Waals surface area contributed by atoms with Gasteiger partial charge >= 0.3 is 0 Å². The summed E-state index contributed by atoms with van der Waals surface area (Å²) < 4.78 is 6.79. The number of aromatic nitrogens is 2. The number of ketones is 1. The van der Waals surface area contributed by atoms with E-state index in [9.17, 15) is 14.7 Å². The molecular weight excluding hydrogens is 382 g/mol. The number of ether oxygens (including phenoxy) is 1. The summed E-state index contributed by atoms with van der Waals surface area (Å²) in [6, 6.07) is 8.00. The van der Waals surface area contributed by atoms with Gasteiger partial charge in [0.15, 0.2) is 5.78 Å². The predicted molar refractivity (Wildman–Crippen MR) is 103 cm³/mol. The number of carbonyl (C=O) groups excluding carboxylic acids is 2. The molecule has 1 saturated carbocycles. The lowest BCUT2D eigenvalue weighted by atomic mass is 10.1. The Balaban J connectivity index is 1.67. The number of aliphatic hydroxyl groups excluding tert-OH is 1. The second-order valence-corrected chi connectivity index (χ2v) is 7.69. The summed E-state index contributed by atoms with van der Waals surface area (Å²) >= 11 is 6.09. The fourth-order valence-electron chi connectivity index (χ4n) is 3.84. The zero-order chi connectivity index (χ0) is 19.8. The van der Waals surface area contributed by atoms with Crippen molar-refractivity contribution in [1.82, 2.24) is 15.1 Å². The van der Waals surface area contributed by atoms with Crippen molar-refractivity contribution < 1.29 is 19.4 Å². The van der Waals surface area contributed by atoms with Gasteiger partial charge in [-0.1, -0.05) is 30.7 Å². The number of benzene rings is 1. The zero-order valence-corrected chi connectivity index (χ0v) is 16.2. The lowest BCUT2D eigenvalue weighted by molar-refractivity contribution is 0.0913. The Morgan fingerprint density at radius 3 is 2.75 bits per heavy atom. The minimum Gasteiger partial charge on any atom is -0.394 e. The van der Waals surface area contributed by atoms with Crippen LogP contribution in [-0.4, -0.2) is 52.4 Å². The Kier molecular flexibility index (Phi) is 5.23. The molecule has 1 aliphatic carbocycles. The van der Waals surface area contributed by atoms with Crippen molar-refractivity contribution in [3.63, 3.8) is 0 Å². The maximum Gasteiger partial charge on any atom is 0.269 e. The Hall–Kier alpha value is -2.22. The molecule has 2 aliphatic rings. The summed E-state index contributed by atoms with van der Waals surface area (Å²) in [5, 5.41) is 17.9. The molecule has 7 nitrogen and oxygen atoms in total. The smallest absolute Gasteiger partial charge is 0.269 e. The van der Waals surface area contributed by atoms with E-state index >= 15 is 0 Å². The molecule has 8 heteroatoms. The number of hydrogen-bond donors (Lipinski definition) is 2. The maximum atomic E-state index is 13.0. The summed E-state index contributed by atoms with van der Waals surface area (Å²) in [5.41, 5.74) is 1.17. The second-order valence-electron chi connectivity index (χ2n) is 7.25. The number of fused-ring (bicyclic) bond motifs is 1. The van der Waals surface area contributed by atoms with Gasteiger partial charge in [0.05, 0.1) is 19.8 Å². The Morgan fingerprint density at radius 2 is 2.11 bits per heavy atom. The fourth-order valence-corrected chi connectivity index (χ4v) is 4.03. The van der Waals surface area contributed by atoms with Crippen LogP contribution in [0.2, 0.25) is 5.02 Å². The average molecular weight is 404 g/mol. The van der Waals surface area contributed by atoms with E-state index in [4.69, 9.17) is 16.3 Å². The SMILES string of the molecule is CCC(=O)c1cc(C(=O)NC2[C@H]3COC[C@@H]23)n([C@@H](CO)c2cccc(Cl)c2)n1. The van der Waals surface area contributed by atoms with Crippen LogP contribution in [0.1, 0.15) is 45.9 Å². The summed E-state index contributed by atoms with van der Waals surface area (Å²) in [4.78, 5) is 25.1. The van der Waals surface area contributed by atoms with Gasteiger partial charge in [-0.3, -0.25) is 9.59 Å². The second kappa shape index (κ2) is 7.66. The van der Waals surface area contributed by atoms with Gasteiger partial charge < -0.3 is 15.2 Å². The first-order valence-electron chi connectivity index (χ1n) is 9.41. The molecule has 2 N–H and O–H groups in total. The van der Waals surface area contributed by atoms with Crippen molar-refractivity contribution in [2.24, 2.45) is 11.8 Å². The van der Waals surface area contributed by atoms with Crippen LogP contribution in [0, 0.1) is 11.8 Å². The fraction of sp³-hybridized carbons (Fsp3) is 0.450. The molecule has 2 aromatic rings. The first kappa shape index (κ1) is 19.1. The van der Waals surface area contributed by atoms with Gasteiger partial charge in [0, 0.05) is 35.4 Å². The highest BCUT2D eigenvalue weighted by atomic mass is 35.5. The predicted octanol–water partition coefficient (Wildman–Crippen LogP) is 2.09. The number of nitrogens with one attached hydrogen (secondary N) is 1. The molecule has 1 aromatic carbocycles. The van der Waals surface area contributed by atoms with Crippen molar-refractivity contribution in [3.05, 3.63) is 52.3 Å². The quantitative estimate of drug-likeness (QED) is 0.690. The summed E-state index contributed by atoms with van der Waals surface area (Å²) in [5.74, 6) is 0.257. The van der Waals surface area contributed by atoms with Crippen molar-refractivity contribution >= 4 is 23.3 Å². The van der Waals surface area contributed by atoms with Crippen molar-refractivity contribution in [2.45, 2.75) is 25.4 Å². The number of carbonyl (C=O) groups is 2. The van der Waals surface area contributed by atoms with Gasteiger partial charge in [0.1, 0.15) is 17.4 Å². The largest absolute Gasteiger partial charge is 0.394 e. The number of rotatable bonds is 7. The van der Waals surface area contributed by atoms with Gasteiger partial charge in [-0.05, 0) is 17.7 Å². The van der Waals surface area contributed by atoms with E-state index in [2.05, 4.69) is 10.4 Å². The third kappa shape index (κ3) is 3.45. The summed E-state index contributed by atoms with van der Waals surface area (Å²) in [6.07, 6.45) is 0.281. The Labute approximate surface area is 167 Å². The van der Waals surface area contributed by atoms with Gasteiger partial charge in [-0.2, -0.15) is 5.10 Å². The molecule has 4 atom stereocenters. The lowest BCUT2D eigenvalue weighted by Crippen LogP contribution is -2.33. The normalized spacial score (nSPS) is 23.9. The van der Waals surface area contributed by atoms with Crippen LogP contribution in [-0.2, 0) is 4.74 Å². The topological polar surface area (TPSA) is 93.5 Å². The van der Waals surface area contributed by atoms with Crippen LogP contribution in [0.4, 0.5) is 0 Å². The van der Waals surface area contributed by atoms with E-state index < -0.39 is 6.04 Å². The molecular formula is C20H22ClN3O4. The molecule has 1 unspecified atom stereocenters. The summed E-state index contributed by atoms with van der Waals surface area (Å²) in [6.45, 7) is 2.78. The number of nitrogens with zero attached hydrogens (tertiary/aromatic N) is 2. The van der Waals surface area contributed by atoms with E-state index in [0.717, 1.165) is 0 Å². The highest BCUT2D eigenvalue weighted by molar-refractivity contribution is 6.30. The number of halogens is 1. The minimum atomic E-state index is -0.625. The first-order valence-corrected chi connectivity index (χ1v) is 9.79. The molecule has 1 aromatic heterocycles. The van der Waals surface area contributed by atoms with Gasteiger partial charge in [0.25, 0.3) is 5.91 Å². The van der Waals surface area contributed by atoms with E-state index in [0.29, 0.717) is 35.6 Å². The van der Waals surface area contributed by atoms with Crippen LogP contribution in [0.25, 0.3) is 0 Å². The Morgan fingerprint density at radius 1 is 1.36 bits per heavy atom. The monoisotopic (exact) mass is 403 g/mol. The molecule has 1 saturated heterocycles. The third-order valence-electron chi connectivity index (χ3n) is 5.53. The number of hydrogen-bond acceptors (Lipinski definition) is 5. The molecule has 1 amide bonds. The zero-order valence-electron chi connectivity index (χ0n) is 15.5. The van der Waals surface area contributed by atoms with Crippen LogP contribution in [0.15, 0.2) is 30.3 Å². The molecule has 28 heavy (non-hydrogen) atoms. The molecule has 148 valence electrons. The van der Waals surface area contributed by atoms with Crippen LogP contribution in [0.3, 0.4) is 0 Å². The molecule has 2 fully saturated rings. The standard InChI is InChI=1S/C20H22ClN3O4/c1-2-18(26)15-7-16(20(27)22-19-13-9-28-10-14(13)19)24(23-15)17(8-25)11-4-3-5-12(21)6-11/h3-7,13-14,17,19,25H,2,8-10H2,1H3,(H,22,27)/t13-,14+,17-,19?/m0/s1. The third-order valence-corrected chi connectivity index (χ3v) is 5.76. The van der Waals surface area contributed by atoms with Gasteiger partial charge in [-0.25, -0.2) is 4.68 Å². The molecule has 0 bridgehead atoms. The van der Waals surface area contributed by atoms with E-state index in [1.807, 2.05) is 0 Å². The van der Waals surface area contributed by atoms with Crippen LogP contribution < -0.4 is 5.32 Å². The highest BCUT2D eigenvalue weighted by Crippen LogP contribution is 2.44. The van der Waals surface area contributed by atoms with Gasteiger partial charge in [0.2, 0.25) is 0 Å². The molecule has 0 spiro atoms. The lowest BCUT2D eigenvalue weighted by Gasteiger charge is -2.18. The molecule has 2 heterocycles. The van der Waals surface area contributed by atoms with Crippen molar-refractivity contribution in [3.8, 4) is 0 Å². The Bertz CT molecular complexity index is 903.